The highest BCUT2D eigenvalue weighted by Gasteiger charge is 2.08. The van der Waals surface area contributed by atoms with E-state index in [0.717, 1.165) is 0 Å². The van der Waals surface area contributed by atoms with E-state index in [1.54, 1.807) is 14.0 Å². The molecule has 4 N–H and O–H groups in total. The van der Waals surface area contributed by atoms with Crippen LogP contribution in [0.15, 0.2) is 5.16 Å². The normalized spacial score (nSPS) is 13.8. The van der Waals surface area contributed by atoms with Crippen LogP contribution in [0.2, 0.25) is 0 Å². The fourth-order valence-electron chi connectivity index (χ4n) is 0.817. The van der Waals surface area contributed by atoms with Gasteiger partial charge in [-0.1, -0.05) is 5.16 Å². The molecule has 1 amide bonds. The minimum atomic E-state index is -0.292. The lowest BCUT2D eigenvalue weighted by Crippen LogP contribution is -2.37. The number of rotatable bonds is 5. The Morgan fingerprint density at radius 1 is 1.77 bits per heavy atom. The lowest BCUT2D eigenvalue weighted by atomic mass is 10.3. The van der Waals surface area contributed by atoms with Crippen LogP contribution in [0.4, 0.5) is 0 Å². The van der Waals surface area contributed by atoms with Gasteiger partial charge in [0.1, 0.15) is 5.84 Å². The summed E-state index contributed by atoms with van der Waals surface area (Å²) in [6.07, 6.45) is -0.107. The lowest BCUT2D eigenvalue weighted by molar-refractivity contribution is -0.120. The van der Waals surface area contributed by atoms with Crippen molar-refractivity contribution in [2.75, 3.05) is 13.7 Å². The molecule has 1 atom stereocenters. The Bertz CT molecular complexity index is 193. The molecule has 0 aliphatic heterocycles. The van der Waals surface area contributed by atoms with Gasteiger partial charge in [0.05, 0.1) is 13.0 Å². The molecule has 13 heavy (non-hydrogen) atoms. The van der Waals surface area contributed by atoms with Gasteiger partial charge in [0.25, 0.3) is 0 Å². The maximum Gasteiger partial charge on any atom is 0.227 e. The molecule has 0 saturated heterocycles. The van der Waals surface area contributed by atoms with Gasteiger partial charge in [-0.3, -0.25) is 4.79 Å². The van der Waals surface area contributed by atoms with E-state index < -0.39 is 0 Å². The summed E-state index contributed by atoms with van der Waals surface area (Å²) in [5, 5.41) is 13.5. The first-order valence-electron chi connectivity index (χ1n) is 3.84. The van der Waals surface area contributed by atoms with Crippen molar-refractivity contribution < 1.29 is 14.7 Å². The molecular weight excluding hydrogens is 174 g/mol. The second kappa shape index (κ2) is 6.24. The van der Waals surface area contributed by atoms with Crippen molar-refractivity contribution >= 4 is 11.7 Å². The van der Waals surface area contributed by atoms with E-state index in [0.29, 0.717) is 6.61 Å². The number of carbonyl (C=O) groups is 1. The lowest BCUT2D eigenvalue weighted by Gasteiger charge is -2.11. The first-order valence-corrected chi connectivity index (χ1v) is 3.84. The highest BCUT2D eigenvalue weighted by Crippen LogP contribution is 1.86. The quantitative estimate of drug-likeness (QED) is 0.230. The van der Waals surface area contributed by atoms with E-state index in [9.17, 15) is 4.79 Å². The monoisotopic (exact) mass is 189 g/mol. The minimum absolute atomic E-state index is 0.0796. The number of ether oxygens (including phenoxy) is 1. The van der Waals surface area contributed by atoms with E-state index in [4.69, 9.17) is 15.7 Å². The highest BCUT2D eigenvalue weighted by atomic mass is 16.5. The predicted octanol–water partition coefficient (Wildman–Crippen LogP) is -0.726. The minimum Gasteiger partial charge on any atom is -0.409 e. The molecule has 0 aliphatic rings. The zero-order valence-electron chi connectivity index (χ0n) is 7.78. The predicted molar refractivity (Wildman–Crippen MR) is 47.5 cm³/mol. The number of carbonyl (C=O) groups excluding carboxylic acids is 1. The third-order valence-electron chi connectivity index (χ3n) is 1.29. The molecule has 6 nitrogen and oxygen atoms in total. The van der Waals surface area contributed by atoms with Crippen LogP contribution in [0.1, 0.15) is 13.3 Å². The molecule has 76 valence electrons. The van der Waals surface area contributed by atoms with E-state index in [2.05, 4.69) is 10.5 Å². The highest BCUT2D eigenvalue weighted by molar-refractivity contribution is 5.98. The first-order chi connectivity index (χ1) is 6.10. The molecule has 0 rings (SSSR count). The summed E-state index contributed by atoms with van der Waals surface area (Å²) in [5.41, 5.74) is 5.13. The Balaban J connectivity index is 3.74. The van der Waals surface area contributed by atoms with Crippen LogP contribution in [0.25, 0.3) is 0 Å². The number of nitrogens with zero attached hydrogens (tertiary/aromatic N) is 1. The fraction of sp³-hybridized carbons (Fsp3) is 0.714. The Kier molecular flexibility index (Phi) is 5.62. The van der Waals surface area contributed by atoms with Crippen LogP contribution in [-0.4, -0.2) is 36.7 Å². The van der Waals surface area contributed by atoms with Crippen molar-refractivity contribution in [3.63, 3.8) is 0 Å². The smallest absolute Gasteiger partial charge is 0.227 e. The summed E-state index contributed by atoms with van der Waals surface area (Å²) in [6.45, 7) is 2.23. The van der Waals surface area contributed by atoms with E-state index >= 15 is 0 Å². The van der Waals surface area contributed by atoms with Gasteiger partial charge < -0.3 is 21.0 Å². The van der Waals surface area contributed by atoms with Crippen LogP contribution in [0.5, 0.6) is 0 Å². The van der Waals surface area contributed by atoms with Gasteiger partial charge in [-0.15, -0.1) is 0 Å². The van der Waals surface area contributed by atoms with Crippen LogP contribution >= 0.6 is 0 Å². The van der Waals surface area contributed by atoms with Crippen LogP contribution in [0.3, 0.4) is 0 Å². The number of nitrogens with two attached hydrogens (primary N) is 1. The van der Waals surface area contributed by atoms with Crippen molar-refractivity contribution in [1.82, 2.24) is 5.32 Å². The van der Waals surface area contributed by atoms with Crippen molar-refractivity contribution in [3.05, 3.63) is 0 Å². The third-order valence-corrected chi connectivity index (χ3v) is 1.29. The number of oxime groups is 1. The Morgan fingerprint density at radius 3 is 2.85 bits per heavy atom. The molecule has 0 aromatic heterocycles. The number of amidine groups is 1. The van der Waals surface area contributed by atoms with E-state index in [1.165, 1.54) is 0 Å². The molecule has 0 fully saturated rings. The number of hydrogen-bond acceptors (Lipinski definition) is 4. The summed E-state index contributed by atoms with van der Waals surface area (Å²) in [4.78, 5) is 11.1. The number of methoxy groups -OCH3 is 1. The number of amides is 1. The summed E-state index contributed by atoms with van der Waals surface area (Å²) in [7, 11) is 1.55. The second-order valence-electron chi connectivity index (χ2n) is 2.69. The zero-order valence-corrected chi connectivity index (χ0v) is 7.78. The Hall–Kier alpha value is -1.30. The standard InChI is InChI=1S/C7H15N3O3/c1-5(4-13-2)9-7(11)3-6(8)10-12/h5,12H,3-4H2,1-2H3,(H2,8,10)(H,9,11). The third kappa shape index (κ3) is 5.92. The Labute approximate surface area is 76.7 Å². The van der Waals surface area contributed by atoms with Gasteiger partial charge in [-0.25, -0.2) is 0 Å². The van der Waals surface area contributed by atoms with Crippen molar-refractivity contribution in [2.24, 2.45) is 10.9 Å². The molecule has 1 unspecified atom stereocenters. The van der Waals surface area contributed by atoms with Gasteiger partial charge in [-0.2, -0.15) is 0 Å². The summed E-state index contributed by atoms with van der Waals surface area (Å²) in [5.74, 6) is -0.401. The molecule has 0 aromatic carbocycles. The van der Waals surface area contributed by atoms with Crippen molar-refractivity contribution in [3.8, 4) is 0 Å². The summed E-state index contributed by atoms with van der Waals surface area (Å²) >= 11 is 0. The average Bonchev–Trinajstić information content (AvgIpc) is 2.04. The second-order valence-corrected chi connectivity index (χ2v) is 2.69. The summed E-state index contributed by atoms with van der Waals surface area (Å²) < 4.78 is 4.81. The maximum absolute atomic E-state index is 11.1. The zero-order chi connectivity index (χ0) is 10.3. The number of hydrogen-bond donors (Lipinski definition) is 3. The first kappa shape index (κ1) is 11.7. The fourth-order valence-corrected chi connectivity index (χ4v) is 0.817. The summed E-state index contributed by atoms with van der Waals surface area (Å²) in [6, 6.07) is -0.0796. The molecular formula is C7H15N3O3. The van der Waals surface area contributed by atoms with Crippen LogP contribution in [0, 0.1) is 0 Å². The molecule has 6 heteroatoms. The number of nitrogens with one attached hydrogen (secondary N) is 1. The topological polar surface area (TPSA) is 96.9 Å². The molecule has 0 aromatic rings. The molecule has 0 saturated carbocycles. The average molecular weight is 189 g/mol. The van der Waals surface area contributed by atoms with Crippen LogP contribution < -0.4 is 11.1 Å². The molecule has 0 aliphatic carbocycles. The maximum atomic E-state index is 11.1. The van der Waals surface area contributed by atoms with Gasteiger partial charge in [0, 0.05) is 13.2 Å². The van der Waals surface area contributed by atoms with Crippen molar-refractivity contribution in [2.45, 2.75) is 19.4 Å². The molecule has 0 bridgehead atoms. The van der Waals surface area contributed by atoms with Gasteiger partial charge in [0.15, 0.2) is 0 Å². The van der Waals surface area contributed by atoms with Gasteiger partial charge in [0.2, 0.25) is 5.91 Å². The molecule has 0 heterocycles. The van der Waals surface area contributed by atoms with E-state index in [1.807, 2.05) is 0 Å². The molecule has 0 radical (unpaired) electrons. The van der Waals surface area contributed by atoms with Crippen LogP contribution in [-0.2, 0) is 9.53 Å². The Morgan fingerprint density at radius 2 is 2.38 bits per heavy atom. The van der Waals surface area contributed by atoms with E-state index in [-0.39, 0.29) is 24.2 Å². The molecule has 0 spiro atoms. The SMILES string of the molecule is COCC(C)NC(=O)CC(N)=NO. The van der Waals surface area contributed by atoms with Crippen molar-refractivity contribution in [1.29, 1.82) is 0 Å². The largest absolute Gasteiger partial charge is 0.409 e. The van der Waals surface area contributed by atoms with Gasteiger partial charge >= 0.3 is 0 Å². The van der Waals surface area contributed by atoms with Gasteiger partial charge in [-0.05, 0) is 6.92 Å².